The van der Waals surface area contributed by atoms with E-state index in [1.54, 1.807) is 0 Å². The normalized spacial score (nSPS) is 13.1. The number of hydrogen-bond donors (Lipinski definition) is 1. The molecule has 1 atom stereocenters. The highest BCUT2D eigenvalue weighted by atomic mass is 14.9. The molecular weight excluding hydrogens is 206 g/mol. The second-order valence-corrected chi connectivity index (χ2v) is 5.50. The summed E-state index contributed by atoms with van der Waals surface area (Å²) < 4.78 is 0. The molecule has 17 heavy (non-hydrogen) atoms. The monoisotopic (exact) mass is 229 g/mol. The molecule has 1 nitrogen and oxygen atoms in total. The van der Waals surface area contributed by atoms with Crippen molar-refractivity contribution in [2.75, 3.05) is 6.54 Å². The first-order valence-corrected chi connectivity index (χ1v) is 6.22. The van der Waals surface area contributed by atoms with Crippen LogP contribution in [0.5, 0.6) is 0 Å². The summed E-state index contributed by atoms with van der Waals surface area (Å²) in [7, 11) is 0. The van der Waals surface area contributed by atoms with E-state index < -0.39 is 0 Å². The third-order valence-electron chi connectivity index (χ3n) is 3.00. The Labute approximate surface area is 106 Å². The zero-order chi connectivity index (χ0) is 12.9. The molecule has 0 saturated heterocycles. The topological polar surface area (TPSA) is 12.0 Å². The van der Waals surface area contributed by atoms with Gasteiger partial charge in [-0.2, -0.15) is 0 Å². The molecule has 1 heteroatoms. The second kappa shape index (κ2) is 5.89. The minimum Gasteiger partial charge on any atom is -0.309 e. The van der Waals surface area contributed by atoms with E-state index >= 15 is 0 Å². The van der Waals surface area contributed by atoms with Crippen LogP contribution >= 0.6 is 0 Å². The fraction of sp³-hybridized carbons (Fsp3) is 0.500. The smallest absolute Gasteiger partial charge is 0.0292 e. The molecule has 0 spiro atoms. The van der Waals surface area contributed by atoms with Gasteiger partial charge in [0.05, 0.1) is 0 Å². The Morgan fingerprint density at radius 2 is 1.82 bits per heavy atom. The van der Waals surface area contributed by atoms with Gasteiger partial charge in [0.2, 0.25) is 0 Å². The van der Waals surface area contributed by atoms with Crippen LogP contribution in [-0.4, -0.2) is 6.54 Å². The Morgan fingerprint density at radius 1 is 1.24 bits per heavy atom. The zero-order valence-electron chi connectivity index (χ0n) is 11.4. The van der Waals surface area contributed by atoms with E-state index in [4.69, 9.17) is 6.42 Å². The summed E-state index contributed by atoms with van der Waals surface area (Å²) in [6.45, 7) is 9.74. The molecule has 0 heterocycles. The maximum absolute atomic E-state index is 5.23. The molecule has 0 aliphatic rings. The van der Waals surface area contributed by atoms with E-state index in [9.17, 15) is 0 Å². The maximum atomic E-state index is 5.23. The van der Waals surface area contributed by atoms with Crippen molar-refractivity contribution in [2.45, 2.75) is 45.6 Å². The molecule has 1 aromatic carbocycles. The number of terminal acetylenes is 1. The predicted octanol–water partition coefficient (Wildman–Crippen LogP) is 3.66. The fourth-order valence-corrected chi connectivity index (χ4v) is 1.75. The fourth-order valence-electron chi connectivity index (χ4n) is 1.75. The molecule has 0 saturated carbocycles. The average molecular weight is 229 g/mol. The van der Waals surface area contributed by atoms with Crippen LogP contribution in [0.25, 0.3) is 0 Å². The van der Waals surface area contributed by atoms with Crippen LogP contribution in [0.15, 0.2) is 24.3 Å². The Morgan fingerprint density at radius 3 is 2.29 bits per heavy atom. The molecule has 0 aliphatic heterocycles. The highest BCUT2D eigenvalue weighted by molar-refractivity contribution is 5.29. The number of nitrogens with one attached hydrogen (secondary N) is 1. The summed E-state index contributed by atoms with van der Waals surface area (Å²) in [5.74, 6) is 2.64. The van der Waals surface area contributed by atoms with E-state index in [1.165, 1.54) is 11.1 Å². The molecule has 1 aromatic rings. The van der Waals surface area contributed by atoms with Crippen LogP contribution < -0.4 is 5.32 Å². The molecule has 1 rings (SSSR count). The maximum Gasteiger partial charge on any atom is 0.0292 e. The molecular formula is C16H23N. The lowest BCUT2D eigenvalue weighted by molar-refractivity contribution is 0.576. The SMILES string of the molecule is C#CCCNC(C)c1ccc(C(C)(C)C)cc1. The molecule has 1 unspecified atom stereocenters. The average Bonchev–Trinajstić information content (AvgIpc) is 2.28. The van der Waals surface area contributed by atoms with Gasteiger partial charge < -0.3 is 5.32 Å². The molecule has 92 valence electrons. The number of hydrogen-bond acceptors (Lipinski definition) is 1. The lowest BCUT2D eigenvalue weighted by Gasteiger charge is -2.20. The van der Waals surface area contributed by atoms with Gasteiger partial charge in [0.25, 0.3) is 0 Å². The summed E-state index contributed by atoms with van der Waals surface area (Å²) in [4.78, 5) is 0. The summed E-state index contributed by atoms with van der Waals surface area (Å²) in [5.41, 5.74) is 2.91. The van der Waals surface area contributed by atoms with E-state index in [1.807, 2.05) is 0 Å². The van der Waals surface area contributed by atoms with Gasteiger partial charge in [-0.15, -0.1) is 12.3 Å². The second-order valence-electron chi connectivity index (χ2n) is 5.50. The zero-order valence-corrected chi connectivity index (χ0v) is 11.4. The van der Waals surface area contributed by atoms with Gasteiger partial charge in [-0.05, 0) is 23.5 Å². The van der Waals surface area contributed by atoms with Gasteiger partial charge in [0, 0.05) is 19.0 Å². The summed E-state index contributed by atoms with van der Waals surface area (Å²) in [6, 6.07) is 9.20. The van der Waals surface area contributed by atoms with Gasteiger partial charge in [-0.1, -0.05) is 45.0 Å². The van der Waals surface area contributed by atoms with Crippen LogP contribution in [0.3, 0.4) is 0 Å². The Hall–Kier alpha value is -1.26. The van der Waals surface area contributed by atoms with Crippen molar-refractivity contribution < 1.29 is 0 Å². The van der Waals surface area contributed by atoms with Gasteiger partial charge >= 0.3 is 0 Å². The Bertz CT molecular complexity index is 375. The number of rotatable bonds is 4. The third-order valence-corrected chi connectivity index (χ3v) is 3.00. The largest absolute Gasteiger partial charge is 0.309 e. The van der Waals surface area contributed by atoms with Gasteiger partial charge in [0.15, 0.2) is 0 Å². The van der Waals surface area contributed by atoms with Crippen molar-refractivity contribution in [2.24, 2.45) is 0 Å². The van der Waals surface area contributed by atoms with E-state index in [2.05, 4.69) is 63.2 Å². The highest BCUT2D eigenvalue weighted by Crippen LogP contribution is 2.23. The molecule has 0 amide bonds. The van der Waals surface area contributed by atoms with Crippen LogP contribution in [0, 0.1) is 12.3 Å². The molecule has 1 N–H and O–H groups in total. The first-order valence-electron chi connectivity index (χ1n) is 6.22. The lowest BCUT2D eigenvalue weighted by atomic mass is 9.86. The predicted molar refractivity (Wildman–Crippen MR) is 75.0 cm³/mol. The van der Waals surface area contributed by atoms with Gasteiger partial charge in [-0.3, -0.25) is 0 Å². The van der Waals surface area contributed by atoms with Crippen molar-refractivity contribution in [3.8, 4) is 12.3 Å². The van der Waals surface area contributed by atoms with E-state index in [0.717, 1.165) is 13.0 Å². The summed E-state index contributed by atoms with van der Waals surface area (Å²) in [6.07, 6.45) is 6.01. The molecule has 0 fully saturated rings. The minimum atomic E-state index is 0.221. The lowest BCUT2D eigenvalue weighted by Crippen LogP contribution is -2.19. The molecule has 0 bridgehead atoms. The van der Waals surface area contributed by atoms with Gasteiger partial charge in [-0.25, -0.2) is 0 Å². The third kappa shape index (κ3) is 4.24. The van der Waals surface area contributed by atoms with Crippen LogP contribution in [0.4, 0.5) is 0 Å². The van der Waals surface area contributed by atoms with Crippen LogP contribution in [0.2, 0.25) is 0 Å². The van der Waals surface area contributed by atoms with Crippen molar-refractivity contribution in [1.82, 2.24) is 5.32 Å². The van der Waals surface area contributed by atoms with E-state index in [0.29, 0.717) is 6.04 Å². The van der Waals surface area contributed by atoms with Crippen molar-refractivity contribution in [3.63, 3.8) is 0 Å². The van der Waals surface area contributed by atoms with E-state index in [-0.39, 0.29) is 5.41 Å². The van der Waals surface area contributed by atoms with Crippen molar-refractivity contribution in [3.05, 3.63) is 35.4 Å². The van der Waals surface area contributed by atoms with Crippen molar-refractivity contribution >= 4 is 0 Å². The minimum absolute atomic E-state index is 0.221. The van der Waals surface area contributed by atoms with Gasteiger partial charge in [0.1, 0.15) is 0 Å². The number of benzene rings is 1. The quantitative estimate of drug-likeness (QED) is 0.614. The van der Waals surface area contributed by atoms with Crippen LogP contribution in [-0.2, 0) is 5.41 Å². The first kappa shape index (κ1) is 13.8. The molecule has 0 aliphatic carbocycles. The molecule has 0 radical (unpaired) electrons. The van der Waals surface area contributed by atoms with Crippen molar-refractivity contribution in [1.29, 1.82) is 0 Å². The first-order chi connectivity index (χ1) is 7.95. The van der Waals surface area contributed by atoms with Crippen LogP contribution in [0.1, 0.15) is 51.3 Å². The Balaban J connectivity index is 2.65. The Kier molecular flexibility index (Phi) is 4.78. The standard InChI is InChI=1S/C16H23N/c1-6-7-12-17-13(2)14-8-10-15(11-9-14)16(3,4)5/h1,8-11,13,17H,7,12H2,2-5H3. The molecule has 0 aromatic heterocycles. The summed E-state index contributed by atoms with van der Waals surface area (Å²) >= 11 is 0. The summed E-state index contributed by atoms with van der Waals surface area (Å²) in [5, 5.41) is 3.42. The highest BCUT2D eigenvalue weighted by Gasteiger charge is 2.13.